The van der Waals surface area contributed by atoms with Crippen molar-refractivity contribution < 1.29 is 24.2 Å². The Balaban J connectivity index is 1.46. The molecule has 148 valence electrons. The average Bonchev–Trinajstić information content (AvgIpc) is 2.71. The zero-order chi connectivity index (χ0) is 19.9. The Bertz CT molecular complexity index is 822. The molecule has 2 N–H and O–H groups in total. The molecule has 1 unspecified atom stereocenters. The molecule has 1 heterocycles. The minimum absolute atomic E-state index is 0.104. The number of ether oxygens (including phenoxy) is 2. The zero-order valence-corrected chi connectivity index (χ0v) is 15.8. The smallest absolute Gasteiger partial charge is 0.410 e. The molecule has 0 aliphatic carbocycles. The van der Waals surface area contributed by atoms with Crippen molar-refractivity contribution in [2.45, 2.75) is 19.6 Å². The van der Waals surface area contributed by atoms with Gasteiger partial charge in [0.25, 0.3) is 5.91 Å². The van der Waals surface area contributed by atoms with Gasteiger partial charge < -0.3 is 24.8 Å². The van der Waals surface area contributed by atoms with Crippen molar-refractivity contribution in [3.05, 3.63) is 65.2 Å². The lowest BCUT2D eigenvalue weighted by atomic mass is 10.1. The molecule has 2 aromatic carbocycles. The lowest BCUT2D eigenvalue weighted by Crippen LogP contribution is -2.49. The van der Waals surface area contributed by atoms with Gasteiger partial charge in [0.05, 0.1) is 19.3 Å². The van der Waals surface area contributed by atoms with Crippen molar-refractivity contribution in [2.24, 2.45) is 0 Å². The summed E-state index contributed by atoms with van der Waals surface area (Å²) in [5.74, 6) is -0.158. The molecule has 1 aliphatic heterocycles. The van der Waals surface area contributed by atoms with Crippen LogP contribution < -0.4 is 5.32 Å². The summed E-state index contributed by atoms with van der Waals surface area (Å²) in [6.07, 6.45) is -0.694. The van der Waals surface area contributed by atoms with Crippen LogP contribution in [0, 0.1) is 6.92 Å². The van der Waals surface area contributed by atoms with Crippen LogP contribution >= 0.6 is 0 Å². The van der Waals surface area contributed by atoms with Crippen LogP contribution in [-0.4, -0.2) is 54.4 Å². The quantitative estimate of drug-likeness (QED) is 0.827. The minimum Gasteiger partial charge on any atom is -0.508 e. The standard InChI is InChI=1S/C21H24N2O5/c1-15-3-2-4-16(11-15)14-28-21(26)23-9-10-27-19(13-23)12-22-20(25)17-5-7-18(24)8-6-17/h2-8,11,19,24H,9-10,12-14H2,1H3,(H,22,25). The maximum absolute atomic E-state index is 12.3. The largest absolute Gasteiger partial charge is 0.508 e. The molecule has 1 fully saturated rings. The van der Waals surface area contributed by atoms with Gasteiger partial charge in [0.1, 0.15) is 12.4 Å². The second-order valence-electron chi connectivity index (χ2n) is 6.74. The third-order valence-corrected chi connectivity index (χ3v) is 4.46. The highest BCUT2D eigenvalue weighted by Gasteiger charge is 2.25. The molecular weight excluding hydrogens is 360 g/mol. The maximum atomic E-state index is 12.3. The monoisotopic (exact) mass is 384 g/mol. The predicted octanol–water partition coefficient (Wildman–Crippen LogP) is 2.47. The van der Waals surface area contributed by atoms with Crippen molar-refractivity contribution in [3.63, 3.8) is 0 Å². The van der Waals surface area contributed by atoms with Crippen molar-refractivity contribution in [1.82, 2.24) is 10.2 Å². The van der Waals surface area contributed by atoms with Gasteiger partial charge in [0, 0.05) is 18.7 Å². The minimum atomic E-state index is -0.389. The molecule has 0 bridgehead atoms. The molecule has 0 spiro atoms. The van der Waals surface area contributed by atoms with Crippen molar-refractivity contribution >= 4 is 12.0 Å². The van der Waals surface area contributed by atoms with E-state index in [1.54, 1.807) is 17.0 Å². The van der Waals surface area contributed by atoms with Gasteiger partial charge >= 0.3 is 6.09 Å². The lowest BCUT2D eigenvalue weighted by molar-refractivity contribution is -0.0263. The number of phenolic OH excluding ortho intramolecular Hbond substituents is 1. The van der Waals surface area contributed by atoms with E-state index in [9.17, 15) is 14.7 Å². The fourth-order valence-electron chi connectivity index (χ4n) is 2.97. The third-order valence-electron chi connectivity index (χ3n) is 4.46. The number of rotatable bonds is 5. The van der Waals surface area contributed by atoms with Crippen LogP contribution in [0.1, 0.15) is 21.5 Å². The Hall–Kier alpha value is -3.06. The van der Waals surface area contributed by atoms with Gasteiger partial charge in [0.15, 0.2) is 0 Å². The van der Waals surface area contributed by atoms with E-state index in [1.807, 2.05) is 31.2 Å². The summed E-state index contributed by atoms with van der Waals surface area (Å²) < 4.78 is 11.0. The van der Waals surface area contributed by atoms with E-state index in [2.05, 4.69) is 5.32 Å². The molecule has 7 nitrogen and oxygen atoms in total. The van der Waals surface area contributed by atoms with Crippen molar-refractivity contribution in [1.29, 1.82) is 0 Å². The summed E-state index contributed by atoms with van der Waals surface area (Å²) in [4.78, 5) is 26.1. The number of carbonyl (C=O) groups is 2. The van der Waals surface area contributed by atoms with E-state index >= 15 is 0 Å². The van der Waals surface area contributed by atoms with E-state index < -0.39 is 0 Å². The number of hydrogen-bond acceptors (Lipinski definition) is 5. The first kappa shape index (κ1) is 19.7. The summed E-state index contributed by atoms with van der Waals surface area (Å²) in [5.41, 5.74) is 2.51. The lowest BCUT2D eigenvalue weighted by Gasteiger charge is -2.32. The zero-order valence-electron chi connectivity index (χ0n) is 15.8. The second-order valence-corrected chi connectivity index (χ2v) is 6.74. The van der Waals surface area contributed by atoms with Crippen molar-refractivity contribution in [2.75, 3.05) is 26.2 Å². The third kappa shape index (κ3) is 5.47. The molecule has 7 heteroatoms. The average molecular weight is 384 g/mol. The topological polar surface area (TPSA) is 88.1 Å². The van der Waals surface area contributed by atoms with Gasteiger partial charge in [-0.2, -0.15) is 0 Å². The van der Waals surface area contributed by atoms with Crippen LogP contribution in [0.25, 0.3) is 0 Å². The highest BCUT2D eigenvalue weighted by molar-refractivity contribution is 5.94. The number of aryl methyl sites for hydroxylation is 1. The predicted molar refractivity (Wildman–Crippen MR) is 103 cm³/mol. The number of nitrogens with zero attached hydrogens (tertiary/aromatic N) is 1. The first-order valence-corrected chi connectivity index (χ1v) is 9.17. The number of amides is 2. The van der Waals surface area contributed by atoms with Crippen LogP contribution in [0.5, 0.6) is 5.75 Å². The number of hydrogen-bond donors (Lipinski definition) is 2. The first-order valence-electron chi connectivity index (χ1n) is 9.17. The highest BCUT2D eigenvalue weighted by atomic mass is 16.6. The SMILES string of the molecule is Cc1cccc(COC(=O)N2CCOC(CNC(=O)c3ccc(O)cc3)C2)c1. The summed E-state index contributed by atoms with van der Waals surface area (Å²) in [5, 5.41) is 12.1. The van der Waals surface area contributed by atoms with Crippen LogP contribution in [0.15, 0.2) is 48.5 Å². The molecule has 0 radical (unpaired) electrons. The van der Waals surface area contributed by atoms with Gasteiger partial charge in [-0.25, -0.2) is 4.79 Å². The summed E-state index contributed by atoms with van der Waals surface area (Å²) >= 11 is 0. The molecule has 2 amide bonds. The molecule has 0 aromatic heterocycles. The number of carbonyl (C=O) groups excluding carboxylic acids is 2. The number of aromatic hydroxyl groups is 1. The first-order chi connectivity index (χ1) is 13.5. The Morgan fingerprint density at radius 1 is 1.25 bits per heavy atom. The van der Waals surface area contributed by atoms with E-state index in [1.165, 1.54) is 12.1 Å². The van der Waals surface area contributed by atoms with Gasteiger partial charge in [-0.1, -0.05) is 29.8 Å². The summed E-state index contributed by atoms with van der Waals surface area (Å²) in [7, 11) is 0. The van der Waals surface area contributed by atoms with Crippen molar-refractivity contribution in [3.8, 4) is 5.75 Å². The molecular formula is C21H24N2O5. The Labute approximate surface area is 163 Å². The molecule has 1 atom stereocenters. The molecule has 28 heavy (non-hydrogen) atoms. The Morgan fingerprint density at radius 3 is 2.79 bits per heavy atom. The number of nitrogens with one attached hydrogen (secondary N) is 1. The molecule has 1 aliphatic rings. The Morgan fingerprint density at radius 2 is 2.04 bits per heavy atom. The highest BCUT2D eigenvalue weighted by Crippen LogP contribution is 2.11. The molecule has 3 rings (SSSR count). The second kappa shape index (κ2) is 9.23. The summed E-state index contributed by atoms with van der Waals surface area (Å²) in [6.45, 7) is 3.68. The normalized spacial score (nSPS) is 16.5. The van der Waals surface area contributed by atoms with Gasteiger partial charge in [-0.15, -0.1) is 0 Å². The fourth-order valence-corrected chi connectivity index (χ4v) is 2.97. The van der Waals surface area contributed by atoms with Crippen LogP contribution in [0.4, 0.5) is 4.79 Å². The van der Waals surface area contributed by atoms with E-state index in [0.717, 1.165) is 11.1 Å². The maximum Gasteiger partial charge on any atom is 0.410 e. The molecule has 2 aromatic rings. The van der Waals surface area contributed by atoms with Gasteiger partial charge in [-0.05, 0) is 36.8 Å². The summed E-state index contributed by atoms with van der Waals surface area (Å²) in [6, 6.07) is 13.8. The van der Waals surface area contributed by atoms with Crippen LogP contribution in [-0.2, 0) is 16.1 Å². The number of benzene rings is 2. The van der Waals surface area contributed by atoms with Gasteiger partial charge in [0.2, 0.25) is 0 Å². The van der Waals surface area contributed by atoms with Crippen LogP contribution in [0.3, 0.4) is 0 Å². The number of morpholine rings is 1. The molecule has 0 saturated carbocycles. The number of phenols is 1. The fraction of sp³-hybridized carbons (Fsp3) is 0.333. The molecule has 1 saturated heterocycles. The van der Waals surface area contributed by atoms with E-state index in [-0.39, 0.29) is 37.0 Å². The van der Waals surface area contributed by atoms with Gasteiger partial charge in [-0.3, -0.25) is 4.79 Å². The Kier molecular flexibility index (Phi) is 6.49. The van der Waals surface area contributed by atoms with E-state index in [0.29, 0.717) is 25.3 Å². The van der Waals surface area contributed by atoms with E-state index in [4.69, 9.17) is 9.47 Å². The van der Waals surface area contributed by atoms with Crippen LogP contribution in [0.2, 0.25) is 0 Å².